The molecule has 222 valence electrons. The van der Waals surface area contributed by atoms with E-state index in [4.69, 9.17) is 27.3 Å². The lowest BCUT2D eigenvalue weighted by Gasteiger charge is -2.28. The Labute approximate surface area is 234 Å². The van der Waals surface area contributed by atoms with Crippen molar-refractivity contribution in [2.45, 2.75) is 68.6 Å². The van der Waals surface area contributed by atoms with Gasteiger partial charge in [0.15, 0.2) is 0 Å². The second-order valence-electron chi connectivity index (χ2n) is 8.91. The number of carboxylic acids is 2. The van der Waals surface area contributed by atoms with Crippen molar-refractivity contribution in [1.82, 2.24) is 15.5 Å². The van der Waals surface area contributed by atoms with Gasteiger partial charge in [-0.05, 0) is 38.3 Å². The Kier molecular flexibility index (Phi) is 13.0. The van der Waals surface area contributed by atoms with Gasteiger partial charge in [0.05, 0.1) is 23.8 Å². The Morgan fingerprint density at radius 2 is 1.62 bits per heavy atom. The molecule has 0 aliphatic carbocycles. The predicted molar refractivity (Wildman–Crippen MR) is 140 cm³/mol. The second kappa shape index (κ2) is 15.1. The number of carbonyl (C=O) groups is 6. The fourth-order valence-electron chi connectivity index (χ4n) is 3.68. The molecule has 2 rings (SSSR count). The molecule has 4 atom stereocenters. The first-order chi connectivity index (χ1) is 18.4. The average Bonchev–Trinajstić information content (AvgIpc) is 3.32. The first kappa shape index (κ1) is 34.3. The maximum Gasteiger partial charge on any atom is 0.326 e. The van der Waals surface area contributed by atoms with E-state index in [2.05, 4.69) is 10.6 Å². The van der Waals surface area contributed by atoms with Crippen molar-refractivity contribution in [1.29, 1.82) is 0 Å². The van der Waals surface area contributed by atoms with Crippen molar-refractivity contribution in [2.75, 3.05) is 6.54 Å². The van der Waals surface area contributed by atoms with E-state index in [-0.39, 0.29) is 17.9 Å². The lowest BCUT2D eigenvalue weighted by molar-refractivity contribution is -0.150. The van der Waals surface area contributed by atoms with Crippen LogP contribution in [0.5, 0.6) is 0 Å². The van der Waals surface area contributed by atoms with Gasteiger partial charge in [0, 0.05) is 17.2 Å². The lowest BCUT2D eigenvalue weighted by atomic mass is 10.1. The van der Waals surface area contributed by atoms with E-state index in [1.54, 1.807) is 25.1 Å². The Hall–Kier alpha value is -3.76. The fraction of sp³-hybridized carbons (Fsp3) is 0.478. The monoisotopic (exact) mass is 605 g/mol. The highest BCUT2D eigenvalue weighted by molar-refractivity contribution is 8.13. The number of nitrogens with one attached hydrogen (secondary N) is 2. The molecule has 1 aliphatic rings. The topological polar surface area (TPSA) is 256 Å². The van der Waals surface area contributed by atoms with Gasteiger partial charge in [-0.1, -0.05) is 18.2 Å². The molecule has 1 aromatic carbocycles. The summed E-state index contributed by atoms with van der Waals surface area (Å²) in [5.41, 5.74) is 11.1. The van der Waals surface area contributed by atoms with Gasteiger partial charge in [-0.2, -0.15) is 0 Å². The Morgan fingerprint density at radius 1 is 1.05 bits per heavy atom. The quantitative estimate of drug-likeness (QED) is 0.161. The lowest BCUT2D eigenvalue weighted by Crippen LogP contribution is -2.58. The van der Waals surface area contributed by atoms with Crippen LogP contribution in [-0.4, -0.2) is 89.8 Å². The number of aliphatic carboxylic acids is 2. The average molecular weight is 606 g/mol. The van der Waals surface area contributed by atoms with Crippen LogP contribution < -0.4 is 22.1 Å². The first-order valence-electron chi connectivity index (χ1n) is 11.9. The van der Waals surface area contributed by atoms with Crippen LogP contribution in [0.4, 0.5) is 0 Å². The number of carbonyl (C=O) groups excluding carboxylic acids is 4. The molecule has 0 aromatic heterocycles. The maximum absolute atomic E-state index is 12.7. The van der Waals surface area contributed by atoms with E-state index in [1.165, 1.54) is 13.0 Å². The number of halogens is 1. The van der Waals surface area contributed by atoms with Crippen LogP contribution in [0.3, 0.4) is 0 Å². The van der Waals surface area contributed by atoms with Gasteiger partial charge >= 0.3 is 11.9 Å². The summed E-state index contributed by atoms with van der Waals surface area (Å²) in [7, 11) is 1.57. The van der Waals surface area contributed by atoms with Crippen molar-refractivity contribution in [2.24, 2.45) is 11.5 Å². The molecule has 1 saturated heterocycles. The van der Waals surface area contributed by atoms with Crippen LogP contribution >= 0.6 is 10.7 Å². The van der Waals surface area contributed by atoms with E-state index < -0.39 is 81.6 Å². The number of benzene rings is 1. The van der Waals surface area contributed by atoms with Crippen LogP contribution in [0, 0.1) is 6.92 Å². The molecular weight excluding hydrogens is 574 g/mol. The van der Waals surface area contributed by atoms with Crippen molar-refractivity contribution < 1.29 is 47.4 Å². The predicted octanol–water partition coefficient (Wildman–Crippen LogP) is -1.35. The van der Waals surface area contributed by atoms with E-state index >= 15 is 0 Å². The molecule has 15 nitrogen and oxygen atoms in total. The molecule has 1 heterocycles. The summed E-state index contributed by atoms with van der Waals surface area (Å²) < 4.78 is 21.6. The van der Waals surface area contributed by atoms with E-state index in [9.17, 15) is 42.3 Å². The number of nitrogens with two attached hydrogens (primary N) is 2. The molecule has 0 bridgehead atoms. The van der Waals surface area contributed by atoms with Gasteiger partial charge in [0.25, 0.3) is 9.05 Å². The molecule has 1 aromatic rings. The highest BCUT2D eigenvalue weighted by Gasteiger charge is 2.39. The molecular formula is C23H32ClN5O10S. The molecule has 40 heavy (non-hydrogen) atoms. The largest absolute Gasteiger partial charge is 0.481 e. The molecule has 0 unspecified atom stereocenters. The summed E-state index contributed by atoms with van der Waals surface area (Å²) in [6.07, 6.45) is -0.827. The number of hydrogen-bond acceptors (Lipinski definition) is 9. The summed E-state index contributed by atoms with van der Waals surface area (Å²) in [6.45, 7) is 3.13. The van der Waals surface area contributed by atoms with Crippen LogP contribution in [0.1, 0.15) is 38.2 Å². The highest BCUT2D eigenvalue weighted by atomic mass is 35.7. The molecule has 4 amide bonds. The number of primary amides is 1. The normalized spacial score (nSPS) is 16.9. The highest BCUT2D eigenvalue weighted by Crippen LogP contribution is 2.20. The third-order valence-electron chi connectivity index (χ3n) is 5.62. The minimum atomic E-state index is -3.56. The zero-order valence-corrected chi connectivity index (χ0v) is 23.3. The third kappa shape index (κ3) is 10.8. The minimum Gasteiger partial charge on any atom is -0.481 e. The summed E-state index contributed by atoms with van der Waals surface area (Å²) >= 11 is 0. The third-order valence-corrected chi connectivity index (χ3v) is 7.10. The van der Waals surface area contributed by atoms with Crippen molar-refractivity contribution in [3.05, 3.63) is 29.8 Å². The standard InChI is InChI=1S/C16H25N5O8.C7H7ClO2S/c1-7(17)13(25)19-8(5-11(18)22)14(26)20-9(6-12(23)24)15(27)21-4-2-3-10(21)16(28)29;1-6-4-2-3-5-7(6)11(8,9)10/h7-10H,2-6,17H2,1H3,(H2,18,22)(H,19,25)(H,20,26)(H,23,24)(H,28,29);2-5H,1H3/t7-,8-,9-,10-;/m0./s1. The summed E-state index contributed by atoms with van der Waals surface area (Å²) in [6, 6.07) is 1.38. The van der Waals surface area contributed by atoms with Crippen LogP contribution in [0.2, 0.25) is 0 Å². The van der Waals surface area contributed by atoms with Gasteiger partial charge in [0.1, 0.15) is 18.1 Å². The smallest absolute Gasteiger partial charge is 0.326 e. The summed E-state index contributed by atoms with van der Waals surface area (Å²) in [5.74, 6) is -6.27. The Bertz CT molecular complexity index is 1240. The zero-order chi connectivity index (χ0) is 30.8. The van der Waals surface area contributed by atoms with Crippen LogP contribution in [0.15, 0.2) is 29.2 Å². The van der Waals surface area contributed by atoms with Gasteiger partial charge in [-0.3, -0.25) is 24.0 Å². The first-order valence-corrected chi connectivity index (χ1v) is 14.2. The number of nitrogens with zero attached hydrogens (tertiary/aromatic N) is 1. The van der Waals surface area contributed by atoms with Gasteiger partial charge in [0.2, 0.25) is 23.6 Å². The number of amides is 4. The van der Waals surface area contributed by atoms with Gasteiger partial charge in [-0.25, -0.2) is 13.2 Å². The molecule has 17 heteroatoms. The number of carboxylic acid groups (broad SMARTS) is 2. The van der Waals surface area contributed by atoms with Crippen molar-refractivity contribution in [3.8, 4) is 0 Å². The second-order valence-corrected chi connectivity index (χ2v) is 11.4. The van der Waals surface area contributed by atoms with Crippen LogP contribution in [0.25, 0.3) is 0 Å². The van der Waals surface area contributed by atoms with Gasteiger partial charge in [-0.15, -0.1) is 0 Å². The SMILES string of the molecule is C[C@H](N)C(=O)N[C@@H](CC(N)=O)C(=O)N[C@@H](CC(=O)O)C(=O)N1CCC[C@H]1C(=O)O.Cc1ccccc1S(=O)(=O)Cl. The maximum atomic E-state index is 12.7. The molecule has 1 fully saturated rings. The molecule has 8 N–H and O–H groups in total. The van der Waals surface area contributed by atoms with Crippen molar-refractivity contribution in [3.63, 3.8) is 0 Å². The molecule has 0 radical (unpaired) electrons. The molecule has 0 spiro atoms. The van der Waals surface area contributed by atoms with E-state index in [0.29, 0.717) is 12.0 Å². The van der Waals surface area contributed by atoms with Crippen molar-refractivity contribution >= 4 is 55.3 Å². The fourth-order valence-corrected chi connectivity index (χ4v) is 4.89. The molecule has 0 saturated carbocycles. The number of likely N-dealkylation sites (tertiary alicyclic amines) is 1. The van der Waals surface area contributed by atoms with Crippen LogP contribution in [-0.2, 0) is 37.8 Å². The number of hydrogen-bond donors (Lipinski definition) is 6. The van der Waals surface area contributed by atoms with E-state index in [1.807, 2.05) is 0 Å². The number of aryl methyl sites for hydroxylation is 1. The minimum absolute atomic E-state index is 0.0912. The summed E-state index contributed by atoms with van der Waals surface area (Å²) in [5, 5.41) is 22.6. The van der Waals surface area contributed by atoms with Gasteiger partial charge < -0.3 is 37.2 Å². The number of rotatable bonds is 11. The zero-order valence-electron chi connectivity index (χ0n) is 21.7. The Morgan fingerprint density at radius 3 is 2.08 bits per heavy atom. The molecule has 1 aliphatic heterocycles. The Balaban J connectivity index is 0.000000603. The summed E-state index contributed by atoms with van der Waals surface area (Å²) in [4.78, 5) is 71.8. The van der Waals surface area contributed by atoms with E-state index in [0.717, 1.165) is 4.90 Å².